The summed E-state index contributed by atoms with van der Waals surface area (Å²) in [5, 5.41) is 13.5. The number of amides is 2. The molecule has 0 bridgehead atoms. The third kappa shape index (κ3) is 5.90. The number of urea groups is 1. The van der Waals surface area contributed by atoms with E-state index in [-0.39, 0.29) is 5.41 Å². The summed E-state index contributed by atoms with van der Waals surface area (Å²) in [6, 6.07) is 9.70. The fraction of sp³-hybridized carbons (Fsp3) is 0.259. The second kappa shape index (κ2) is 10.8. The molecule has 0 spiro atoms. The average Bonchev–Trinajstić information content (AvgIpc) is 3.34. The summed E-state index contributed by atoms with van der Waals surface area (Å²) in [5.74, 6) is 2.22. The molecule has 4 heterocycles. The normalized spacial score (nSPS) is 12.6. The van der Waals surface area contributed by atoms with Crippen molar-refractivity contribution in [1.29, 1.82) is 0 Å². The van der Waals surface area contributed by atoms with Crippen molar-refractivity contribution in [2.24, 2.45) is 0 Å². The molecule has 5 rings (SSSR count). The summed E-state index contributed by atoms with van der Waals surface area (Å²) in [7, 11) is 0. The number of nitrogens with zero attached hydrogens (tertiary/aromatic N) is 4. The molecule has 1 aromatic carbocycles. The van der Waals surface area contributed by atoms with E-state index in [9.17, 15) is 9.18 Å². The lowest BCUT2D eigenvalue weighted by Crippen LogP contribution is -2.21. The van der Waals surface area contributed by atoms with E-state index < -0.39 is 11.8 Å². The maximum absolute atomic E-state index is 13.9. The van der Waals surface area contributed by atoms with Gasteiger partial charge in [0.2, 0.25) is 5.75 Å². The molecule has 3 N–H and O–H groups in total. The van der Waals surface area contributed by atoms with Crippen molar-refractivity contribution in [3.8, 4) is 22.9 Å². The molecule has 1 aliphatic rings. The van der Waals surface area contributed by atoms with Gasteiger partial charge in [-0.1, -0.05) is 20.8 Å². The standard InChI is InChI=1S/C27H28FN7O3S/c1-27(2,3)22-13-23(35(34-22)17-11-16(28)14-29-15-17)33-26(36)32-19-6-5-18(12-21(19)39-4)38-20-7-8-30-25-24(20)37-10-9-31-25/h5-8,11-15H,9-10H2,1-4H3,(H,30,31)(H2,32,33,36). The predicted octanol–water partition coefficient (Wildman–Crippen LogP) is 6.06. The van der Waals surface area contributed by atoms with Crippen molar-refractivity contribution >= 4 is 35.1 Å². The minimum atomic E-state index is -0.502. The Morgan fingerprint density at radius 2 is 2.03 bits per heavy atom. The Morgan fingerprint density at radius 1 is 1.18 bits per heavy atom. The van der Waals surface area contributed by atoms with Crippen molar-refractivity contribution in [3.05, 3.63) is 66.5 Å². The van der Waals surface area contributed by atoms with Crippen LogP contribution in [0.25, 0.3) is 5.69 Å². The monoisotopic (exact) mass is 549 g/mol. The third-order valence-corrected chi connectivity index (χ3v) is 6.59. The van der Waals surface area contributed by atoms with E-state index in [4.69, 9.17) is 9.47 Å². The summed E-state index contributed by atoms with van der Waals surface area (Å²) < 4.78 is 27.2. The van der Waals surface area contributed by atoms with Gasteiger partial charge in [0.1, 0.15) is 24.0 Å². The number of thioether (sulfide) groups is 1. The minimum Gasteiger partial charge on any atom is -0.485 e. The molecule has 4 aromatic rings. The van der Waals surface area contributed by atoms with E-state index in [0.717, 1.165) is 16.8 Å². The van der Waals surface area contributed by atoms with Crippen LogP contribution < -0.4 is 25.4 Å². The lowest BCUT2D eigenvalue weighted by Gasteiger charge is -2.20. The number of nitrogens with one attached hydrogen (secondary N) is 3. The molecule has 12 heteroatoms. The smallest absolute Gasteiger partial charge is 0.324 e. The highest BCUT2D eigenvalue weighted by atomic mass is 32.2. The van der Waals surface area contributed by atoms with Crippen LogP contribution in [0.2, 0.25) is 0 Å². The van der Waals surface area contributed by atoms with Gasteiger partial charge in [-0.05, 0) is 24.5 Å². The van der Waals surface area contributed by atoms with Crippen LogP contribution in [0.5, 0.6) is 17.2 Å². The molecule has 3 aromatic heterocycles. The van der Waals surface area contributed by atoms with Gasteiger partial charge in [-0.3, -0.25) is 10.3 Å². The fourth-order valence-corrected chi connectivity index (χ4v) is 4.46. The summed E-state index contributed by atoms with van der Waals surface area (Å²) in [4.78, 5) is 22.1. The van der Waals surface area contributed by atoms with Crippen LogP contribution in [0.4, 0.5) is 26.5 Å². The predicted molar refractivity (Wildman–Crippen MR) is 149 cm³/mol. The van der Waals surface area contributed by atoms with E-state index in [1.807, 2.05) is 33.1 Å². The second-order valence-corrected chi connectivity index (χ2v) is 10.6. The minimum absolute atomic E-state index is 0.296. The van der Waals surface area contributed by atoms with E-state index in [1.54, 1.807) is 30.5 Å². The Labute approximate surface area is 229 Å². The van der Waals surface area contributed by atoms with Crippen LogP contribution in [0.3, 0.4) is 0 Å². The summed E-state index contributed by atoms with van der Waals surface area (Å²) in [6.07, 6.45) is 6.16. The number of fused-ring (bicyclic) bond motifs is 1. The van der Waals surface area contributed by atoms with Crippen LogP contribution >= 0.6 is 11.8 Å². The van der Waals surface area contributed by atoms with Gasteiger partial charge in [0.25, 0.3) is 0 Å². The highest BCUT2D eigenvalue weighted by molar-refractivity contribution is 7.98. The summed E-state index contributed by atoms with van der Waals surface area (Å²) in [5.41, 5.74) is 1.42. The van der Waals surface area contributed by atoms with Gasteiger partial charge >= 0.3 is 6.03 Å². The van der Waals surface area contributed by atoms with Crippen LogP contribution in [0.1, 0.15) is 26.5 Å². The molecule has 2 amide bonds. The number of ether oxygens (including phenoxy) is 2. The maximum atomic E-state index is 13.9. The summed E-state index contributed by atoms with van der Waals surface area (Å²) >= 11 is 1.46. The lowest BCUT2D eigenvalue weighted by atomic mass is 9.92. The molecule has 0 aliphatic carbocycles. The second-order valence-electron chi connectivity index (χ2n) is 9.74. The Hall–Kier alpha value is -4.32. The van der Waals surface area contributed by atoms with Gasteiger partial charge in [-0.25, -0.2) is 18.9 Å². The maximum Gasteiger partial charge on any atom is 0.324 e. The van der Waals surface area contributed by atoms with Gasteiger partial charge in [0.05, 0.1) is 36.0 Å². The number of rotatable bonds is 6. The van der Waals surface area contributed by atoms with Crippen molar-refractivity contribution in [3.63, 3.8) is 0 Å². The molecule has 0 saturated carbocycles. The Balaban J connectivity index is 1.35. The molecule has 0 saturated heterocycles. The summed E-state index contributed by atoms with van der Waals surface area (Å²) in [6.45, 7) is 7.22. The Kier molecular flexibility index (Phi) is 7.29. The number of aromatic nitrogens is 4. The first-order valence-electron chi connectivity index (χ1n) is 12.2. The van der Waals surface area contributed by atoms with Crippen LogP contribution in [0.15, 0.2) is 59.9 Å². The number of halogens is 1. The van der Waals surface area contributed by atoms with E-state index in [2.05, 4.69) is 31.0 Å². The van der Waals surface area contributed by atoms with Gasteiger partial charge in [-0.2, -0.15) is 5.10 Å². The first-order valence-corrected chi connectivity index (χ1v) is 13.4. The average molecular weight is 550 g/mol. The van der Waals surface area contributed by atoms with Crippen LogP contribution in [-0.4, -0.2) is 45.2 Å². The highest BCUT2D eigenvalue weighted by Crippen LogP contribution is 2.39. The first kappa shape index (κ1) is 26.3. The van der Waals surface area contributed by atoms with E-state index in [1.165, 1.54) is 28.7 Å². The van der Waals surface area contributed by atoms with Crippen molar-refractivity contribution < 1.29 is 18.7 Å². The first-order chi connectivity index (χ1) is 18.7. The van der Waals surface area contributed by atoms with Crippen molar-refractivity contribution in [2.75, 3.05) is 35.4 Å². The number of carbonyl (C=O) groups is 1. The number of hydrogen-bond donors (Lipinski definition) is 3. The van der Waals surface area contributed by atoms with Gasteiger partial charge < -0.3 is 20.1 Å². The molecular formula is C27H28FN7O3S. The molecule has 39 heavy (non-hydrogen) atoms. The topological polar surface area (TPSA) is 115 Å². The SMILES string of the molecule is CSc1cc(Oc2ccnc3c2OCCN3)ccc1NC(=O)Nc1cc(C(C)(C)C)nn1-c1cncc(F)c1. The third-order valence-electron chi connectivity index (χ3n) is 5.81. The lowest BCUT2D eigenvalue weighted by molar-refractivity contribution is 0.262. The Bertz CT molecular complexity index is 1520. The number of pyridine rings is 2. The van der Waals surface area contributed by atoms with E-state index in [0.29, 0.717) is 53.4 Å². The molecule has 202 valence electrons. The van der Waals surface area contributed by atoms with Crippen LogP contribution in [0, 0.1) is 5.82 Å². The quantitative estimate of drug-likeness (QED) is 0.249. The zero-order valence-corrected chi connectivity index (χ0v) is 22.7. The zero-order chi connectivity index (χ0) is 27.6. The van der Waals surface area contributed by atoms with Gasteiger partial charge in [0.15, 0.2) is 11.6 Å². The number of anilines is 3. The molecule has 1 aliphatic heterocycles. The van der Waals surface area contributed by atoms with Crippen molar-refractivity contribution in [2.45, 2.75) is 31.1 Å². The molecule has 0 radical (unpaired) electrons. The largest absolute Gasteiger partial charge is 0.485 e. The Morgan fingerprint density at radius 3 is 2.79 bits per heavy atom. The van der Waals surface area contributed by atoms with Gasteiger partial charge in [0, 0.05) is 34.7 Å². The number of carbonyl (C=O) groups excluding carboxylic acids is 1. The number of benzene rings is 1. The molecule has 10 nitrogen and oxygen atoms in total. The molecular weight excluding hydrogens is 521 g/mol. The highest BCUT2D eigenvalue weighted by Gasteiger charge is 2.22. The molecule has 0 atom stereocenters. The van der Waals surface area contributed by atoms with Crippen molar-refractivity contribution in [1.82, 2.24) is 19.7 Å². The fourth-order valence-electron chi connectivity index (χ4n) is 3.88. The van der Waals surface area contributed by atoms with Gasteiger partial charge in [-0.15, -0.1) is 11.8 Å². The van der Waals surface area contributed by atoms with E-state index >= 15 is 0 Å². The number of hydrogen-bond acceptors (Lipinski definition) is 8. The zero-order valence-electron chi connectivity index (χ0n) is 21.9. The van der Waals surface area contributed by atoms with Crippen LogP contribution in [-0.2, 0) is 5.41 Å². The molecule has 0 fully saturated rings. The molecule has 0 unspecified atom stereocenters.